The highest BCUT2D eigenvalue weighted by Crippen LogP contribution is 2.10. The first-order valence-corrected chi connectivity index (χ1v) is 7.95. The Balaban J connectivity index is 1.68. The molecule has 1 heterocycles. The van der Waals surface area contributed by atoms with Crippen LogP contribution < -0.4 is 5.32 Å². The molecule has 0 atom stereocenters. The zero-order valence-electron chi connectivity index (χ0n) is 13.3. The molecular weight excluding hydrogens is 280 g/mol. The molecule has 1 aliphatic rings. The number of amides is 1. The molecule has 1 aromatic carbocycles. The Morgan fingerprint density at radius 2 is 2.18 bits per heavy atom. The smallest absolute Gasteiger partial charge is 0.251 e. The van der Waals surface area contributed by atoms with E-state index in [4.69, 9.17) is 4.74 Å². The molecule has 0 aliphatic carbocycles. The third-order valence-corrected chi connectivity index (χ3v) is 3.99. The summed E-state index contributed by atoms with van der Waals surface area (Å²) in [5.41, 5.74) is 1.68. The zero-order valence-corrected chi connectivity index (χ0v) is 13.3. The van der Waals surface area contributed by atoms with E-state index in [2.05, 4.69) is 10.2 Å². The van der Waals surface area contributed by atoms with Gasteiger partial charge in [-0.3, -0.25) is 4.79 Å². The number of piperidine rings is 1. The molecule has 2 N–H and O–H groups in total. The molecule has 1 amide bonds. The van der Waals surface area contributed by atoms with Gasteiger partial charge in [-0.2, -0.15) is 0 Å². The van der Waals surface area contributed by atoms with Gasteiger partial charge in [0.2, 0.25) is 0 Å². The van der Waals surface area contributed by atoms with Crippen LogP contribution in [0.25, 0.3) is 0 Å². The van der Waals surface area contributed by atoms with Crippen molar-refractivity contribution in [2.75, 3.05) is 33.3 Å². The molecule has 122 valence electrons. The lowest BCUT2D eigenvalue weighted by atomic mass is 10.1. The van der Waals surface area contributed by atoms with Gasteiger partial charge < -0.3 is 20.1 Å². The molecule has 1 aliphatic heterocycles. The summed E-state index contributed by atoms with van der Waals surface area (Å²) in [6.07, 6.45) is 2.52. The maximum absolute atomic E-state index is 12.1. The number of benzene rings is 1. The van der Waals surface area contributed by atoms with Gasteiger partial charge in [0.05, 0.1) is 12.7 Å². The van der Waals surface area contributed by atoms with Crippen LogP contribution in [0.2, 0.25) is 0 Å². The number of aliphatic hydroxyl groups excluding tert-OH is 1. The van der Waals surface area contributed by atoms with Gasteiger partial charge >= 0.3 is 0 Å². The summed E-state index contributed by atoms with van der Waals surface area (Å²) in [4.78, 5) is 14.4. The Bertz CT molecular complexity index is 471. The quantitative estimate of drug-likeness (QED) is 0.748. The SMILES string of the molecule is COCc1cccc(C(=O)NCCCN2CCC(O)CC2)c1. The first kappa shape index (κ1) is 16.9. The minimum atomic E-state index is -0.129. The Morgan fingerprint density at radius 3 is 2.91 bits per heavy atom. The summed E-state index contributed by atoms with van der Waals surface area (Å²) >= 11 is 0. The summed E-state index contributed by atoms with van der Waals surface area (Å²) in [7, 11) is 1.65. The molecule has 2 rings (SSSR count). The highest BCUT2D eigenvalue weighted by atomic mass is 16.5. The average Bonchev–Trinajstić information content (AvgIpc) is 2.53. The van der Waals surface area contributed by atoms with Gasteiger partial charge in [0.1, 0.15) is 0 Å². The van der Waals surface area contributed by atoms with Crippen LogP contribution >= 0.6 is 0 Å². The summed E-state index contributed by atoms with van der Waals surface area (Å²) in [6.45, 7) is 4.06. The van der Waals surface area contributed by atoms with Crippen molar-refractivity contribution in [2.24, 2.45) is 0 Å². The van der Waals surface area contributed by atoms with E-state index in [-0.39, 0.29) is 12.0 Å². The van der Waals surface area contributed by atoms with Gasteiger partial charge in [0.25, 0.3) is 5.91 Å². The van der Waals surface area contributed by atoms with E-state index >= 15 is 0 Å². The summed E-state index contributed by atoms with van der Waals surface area (Å²) < 4.78 is 5.08. The number of nitrogens with zero attached hydrogens (tertiary/aromatic N) is 1. The van der Waals surface area contributed by atoms with Crippen molar-refractivity contribution in [3.63, 3.8) is 0 Å². The van der Waals surface area contributed by atoms with Crippen molar-refractivity contribution in [3.8, 4) is 0 Å². The fourth-order valence-electron chi connectivity index (χ4n) is 2.72. The van der Waals surface area contributed by atoms with Crippen LogP contribution in [0.15, 0.2) is 24.3 Å². The van der Waals surface area contributed by atoms with Gasteiger partial charge in [-0.1, -0.05) is 12.1 Å². The van der Waals surface area contributed by atoms with Crippen LogP contribution in [-0.2, 0) is 11.3 Å². The van der Waals surface area contributed by atoms with Crippen molar-refractivity contribution >= 4 is 5.91 Å². The van der Waals surface area contributed by atoms with Crippen LogP contribution in [0.5, 0.6) is 0 Å². The van der Waals surface area contributed by atoms with E-state index in [0.29, 0.717) is 18.7 Å². The molecule has 0 unspecified atom stereocenters. The van der Waals surface area contributed by atoms with Gasteiger partial charge in [0, 0.05) is 32.3 Å². The first-order valence-electron chi connectivity index (χ1n) is 7.95. The number of hydrogen-bond acceptors (Lipinski definition) is 4. The predicted molar refractivity (Wildman–Crippen MR) is 85.8 cm³/mol. The number of likely N-dealkylation sites (tertiary alicyclic amines) is 1. The van der Waals surface area contributed by atoms with E-state index < -0.39 is 0 Å². The third kappa shape index (κ3) is 5.40. The number of ether oxygens (including phenoxy) is 1. The zero-order chi connectivity index (χ0) is 15.8. The van der Waals surface area contributed by atoms with Crippen molar-refractivity contribution < 1.29 is 14.6 Å². The lowest BCUT2D eigenvalue weighted by molar-refractivity contribution is 0.0816. The Morgan fingerprint density at radius 1 is 1.41 bits per heavy atom. The molecule has 5 heteroatoms. The van der Waals surface area contributed by atoms with Crippen molar-refractivity contribution in [1.82, 2.24) is 10.2 Å². The fourth-order valence-corrected chi connectivity index (χ4v) is 2.72. The van der Waals surface area contributed by atoms with E-state index in [9.17, 15) is 9.90 Å². The number of nitrogens with one attached hydrogen (secondary N) is 1. The monoisotopic (exact) mass is 306 g/mol. The molecule has 22 heavy (non-hydrogen) atoms. The standard InChI is InChI=1S/C17H26N2O3/c1-22-13-14-4-2-5-15(12-14)17(21)18-8-3-9-19-10-6-16(20)7-11-19/h2,4-5,12,16,20H,3,6-11,13H2,1H3,(H,18,21). The molecule has 1 aromatic rings. The fraction of sp³-hybridized carbons (Fsp3) is 0.588. The number of carbonyl (C=O) groups is 1. The second-order valence-corrected chi connectivity index (χ2v) is 5.82. The van der Waals surface area contributed by atoms with Crippen LogP contribution in [-0.4, -0.2) is 55.3 Å². The number of hydrogen-bond donors (Lipinski definition) is 2. The molecule has 0 radical (unpaired) electrons. The largest absolute Gasteiger partial charge is 0.393 e. The lowest BCUT2D eigenvalue weighted by Gasteiger charge is -2.29. The van der Waals surface area contributed by atoms with Crippen LogP contribution in [0, 0.1) is 0 Å². The van der Waals surface area contributed by atoms with E-state index in [0.717, 1.165) is 44.5 Å². The first-order chi connectivity index (χ1) is 10.7. The second-order valence-electron chi connectivity index (χ2n) is 5.82. The van der Waals surface area contributed by atoms with Gasteiger partial charge in [-0.25, -0.2) is 0 Å². The van der Waals surface area contributed by atoms with Crippen molar-refractivity contribution in [3.05, 3.63) is 35.4 Å². The molecule has 0 aromatic heterocycles. The molecule has 0 spiro atoms. The lowest BCUT2D eigenvalue weighted by Crippen LogP contribution is -2.37. The Hall–Kier alpha value is -1.43. The highest BCUT2D eigenvalue weighted by molar-refractivity contribution is 5.94. The third-order valence-electron chi connectivity index (χ3n) is 3.99. The van der Waals surface area contributed by atoms with Gasteiger partial charge in [-0.15, -0.1) is 0 Å². The Kier molecular flexibility index (Phi) is 6.83. The van der Waals surface area contributed by atoms with E-state index in [1.165, 1.54) is 0 Å². The topological polar surface area (TPSA) is 61.8 Å². The van der Waals surface area contributed by atoms with Crippen molar-refractivity contribution in [2.45, 2.75) is 32.0 Å². The van der Waals surface area contributed by atoms with Crippen LogP contribution in [0.3, 0.4) is 0 Å². The van der Waals surface area contributed by atoms with Gasteiger partial charge in [0.15, 0.2) is 0 Å². The number of methoxy groups -OCH3 is 1. The molecule has 0 saturated carbocycles. The average molecular weight is 306 g/mol. The number of rotatable bonds is 7. The minimum Gasteiger partial charge on any atom is -0.393 e. The normalized spacial score (nSPS) is 16.6. The molecule has 1 fully saturated rings. The maximum atomic E-state index is 12.1. The molecule has 0 bridgehead atoms. The van der Waals surface area contributed by atoms with E-state index in [1.54, 1.807) is 7.11 Å². The minimum absolute atomic E-state index is 0.0352. The summed E-state index contributed by atoms with van der Waals surface area (Å²) in [5, 5.41) is 12.4. The summed E-state index contributed by atoms with van der Waals surface area (Å²) in [5.74, 6) is -0.0352. The van der Waals surface area contributed by atoms with Crippen LogP contribution in [0.1, 0.15) is 35.2 Å². The number of carbonyl (C=O) groups excluding carboxylic acids is 1. The number of aliphatic hydroxyl groups is 1. The maximum Gasteiger partial charge on any atom is 0.251 e. The molecule has 5 nitrogen and oxygen atoms in total. The molecular formula is C17H26N2O3. The van der Waals surface area contributed by atoms with Crippen LogP contribution in [0.4, 0.5) is 0 Å². The molecule has 1 saturated heterocycles. The van der Waals surface area contributed by atoms with Gasteiger partial charge in [-0.05, 0) is 43.5 Å². The predicted octanol–water partition coefficient (Wildman–Crippen LogP) is 1.41. The highest BCUT2D eigenvalue weighted by Gasteiger charge is 2.16. The van der Waals surface area contributed by atoms with E-state index in [1.807, 2.05) is 24.3 Å². The second kappa shape index (κ2) is 8.88. The van der Waals surface area contributed by atoms with Crippen molar-refractivity contribution in [1.29, 1.82) is 0 Å². The Labute approximate surface area is 132 Å². The summed E-state index contributed by atoms with van der Waals surface area (Å²) in [6, 6.07) is 7.51.